The lowest BCUT2D eigenvalue weighted by Gasteiger charge is -2.24. The average molecular weight is 244 g/mol. The van der Waals surface area contributed by atoms with Gasteiger partial charge >= 0.3 is 0 Å². The molecule has 0 aliphatic carbocycles. The van der Waals surface area contributed by atoms with Crippen LogP contribution in [0.5, 0.6) is 0 Å². The molecule has 1 aromatic rings. The lowest BCUT2D eigenvalue weighted by atomic mass is 9.93. The molecule has 13 heavy (non-hydrogen) atoms. The van der Waals surface area contributed by atoms with Gasteiger partial charge in [-0.15, -0.1) is 0 Å². The molecule has 1 atom stereocenters. The lowest BCUT2D eigenvalue weighted by Crippen LogP contribution is -2.25. The second-order valence-corrected chi connectivity index (χ2v) is 4.15. The molecule has 0 aromatic heterocycles. The van der Waals surface area contributed by atoms with Gasteiger partial charge in [0, 0.05) is 4.47 Å². The van der Waals surface area contributed by atoms with Crippen molar-refractivity contribution in [2.45, 2.75) is 18.9 Å². The molecule has 1 aromatic carbocycles. The summed E-state index contributed by atoms with van der Waals surface area (Å²) in [6, 6.07) is 7.65. The molecule has 0 radical (unpaired) electrons. The van der Waals surface area contributed by atoms with E-state index in [1.54, 1.807) is 6.92 Å². The van der Waals surface area contributed by atoms with E-state index < -0.39 is 5.60 Å². The predicted molar refractivity (Wildman–Crippen MR) is 57.4 cm³/mol. The van der Waals surface area contributed by atoms with Crippen molar-refractivity contribution < 1.29 is 5.11 Å². The minimum atomic E-state index is -0.838. The standard InChI is InChI=1S/C10H14BrNO/c1-10(13,6-7-12)8-4-2-3-5-9(8)11/h2-5,13H,6-7,12H2,1H3. The molecule has 0 heterocycles. The van der Waals surface area contributed by atoms with E-state index in [1.165, 1.54) is 0 Å². The van der Waals surface area contributed by atoms with Gasteiger partial charge in [0.1, 0.15) is 0 Å². The zero-order valence-corrected chi connectivity index (χ0v) is 9.21. The second kappa shape index (κ2) is 4.22. The maximum Gasteiger partial charge on any atom is 0.0891 e. The zero-order chi connectivity index (χ0) is 9.90. The SMILES string of the molecule is CC(O)(CCN)c1ccccc1Br. The van der Waals surface area contributed by atoms with E-state index in [1.807, 2.05) is 24.3 Å². The van der Waals surface area contributed by atoms with Crippen LogP contribution in [0.15, 0.2) is 28.7 Å². The first-order chi connectivity index (χ1) is 6.08. The van der Waals surface area contributed by atoms with Gasteiger partial charge < -0.3 is 10.8 Å². The zero-order valence-electron chi connectivity index (χ0n) is 7.63. The van der Waals surface area contributed by atoms with Crippen LogP contribution < -0.4 is 5.73 Å². The normalized spacial score (nSPS) is 15.4. The first kappa shape index (κ1) is 10.7. The third-order valence-corrected chi connectivity index (χ3v) is 2.78. The number of benzene rings is 1. The summed E-state index contributed by atoms with van der Waals surface area (Å²) < 4.78 is 0.924. The summed E-state index contributed by atoms with van der Waals surface area (Å²) in [5.74, 6) is 0. The molecular weight excluding hydrogens is 230 g/mol. The van der Waals surface area contributed by atoms with E-state index >= 15 is 0 Å². The van der Waals surface area contributed by atoms with E-state index in [9.17, 15) is 5.11 Å². The molecule has 0 saturated heterocycles. The van der Waals surface area contributed by atoms with Gasteiger partial charge in [0.15, 0.2) is 0 Å². The van der Waals surface area contributed by atoms with Crippen molar-refractivity contribution in [2.75, 3.05) is 6.54 Å². The smallest absolute Gasteiger partial charge is 0.0891 e. The van der Waals surface area contributed by atoms with Gasteiger partial charge in [-0.3, -0.25) is 0 Å². The van der Waals surface area contributed by atoms with E-state index in [2.05, 4.69) is 15.9 Å². The molecule has 1 rings (SSSR count). The molecule has 2 nitrogen and oxygen atoms in total. The maximum absolute atomic E-state index is 10.1. The third kappa shape index (κ3) is 2.53. The van der Waals surface area contributed by atoms with E-state index in [0.29, 0.717) is 13.0 Å². The summed E-state index contributed by atoms with van der Waals surface area (Å²) in [5.41, 5.74) is 5.48. The van der Waals surface area contributed by atoms with Crippen LogP contribution in [0.25, 0.3) is 0 Å². The predicted octanol–water partition coefficient (Wildman–Crippen LogP) is 2.01. The number of hydrogen-bond donors (Lipinski definition) is 2. The summed E-state index contributed by atoms with van der Waals surface area (Å²) in [4.78, 5) is 0. The van der Waals surface area contributed by atoms with E-state index in [4.69, 9.17) is 5.73 Å². The fraction of sp³-hybridized carbons (Fsp3) is 0.400. The Labute approximate surface area is 86.9 Å². The van der Waals surface area contributed by atoms with Crippen LogP contribution in [0.1, 0.15) is 18.9 Å². The fourth-order valence-electron chi connectivity index (χ4n) is 1.31. The van der Waals surface area contributed by atoms with Crippen LogP contribution in [0, 0.1) is 0 Å². The highest BCUT2D eigenvalue weighted by molar-refractivity contribution is 9.10. The Hall–Kier alpha value is -0.380. The van der Waals surface area contributed by atoms with Gasteiger partial charge in [0.2, 0.25) is 0 Å². The summed E-state index contributed by atoms with van der Waals surface area (Å²) in [7, 11) is 0. The molecule has 72 valence electrons. The Bertz CT molecular complexity index is 286. The Morgan fingerprint density at radius 1 is 1.46 bits per heavy atom. The molecule has 0 amide bonds. The number of halogens is 1. The van der Waals surface area contributed by atoms with Crippen molar-refractivity contribution in [3.8, 4) is 0 Å². The summed E-state index contributed by atoms with van der Waals surface area (Å²) in [6.45, 7) is 2.26. The van der Waals surface area contributed by atoms with Gasteiger partial charge in [-0.2, -0.15) is 0 Å². The highest BCUT2D eigenvalue weighted by Crippen LogP contribution is 2.30. The van der Waals surface area contributed by atoms with Crippen LogP contribution in [0.3, 0.4) is 0 Å². The van der Waals surface area contributed by atoms with Gasteiger partial charge in [0.05, 0.1) is 5.60 Å². The molecule has 0 spiro atoms. The Balaban J connectivity index is 2.99. The third-order valence-electron chi connectivity index (χ3n) is 2.09. The Morgan fingerprint density at radius 2 is 2.08 bits per heavy atom. The summed E-state index contributed by atoms with van der Waals surface area (Å²) in [5, 5.41) is 10.1. The largest absolute Gasteiger partial charge is 0.385 e. The minimum absolute atomic E-state index is 0.480. The molecule has 0 aliphatic heterocycles. The topological polar surface area (TPSA) is 46.2 Å². The van der Waals surface area contributed by atoms with Crippen molar-refractivity contribution >= 4 is 15.9 Å². The fourth-order valence-corrected chi connectivity index (χ4v) is 2.03. The molecule has 1 unspecified atom stereocenters. The molecular formula is C10H14BrNO. The summed E-state index contributed by atoms with van der Waals surface area (Å²) >= 11 is 3.40. The van der Waals surface area contributed by atoms with Crippen molar-refractivity contribution in [2.24, 2.45) is 5.73 Å². The van der Waals surface area contributed by atoms with Crippen molar-refractivity contribution in [1.82, 2.24) is 0 Å². The Morgan fingerprint density at radius 3 is 2.62 bits per heavy atom. The van der Waals surface area contributed by atoms with Gasteiger partial charge in [0.25, 0.3) is 0 Å². The maximum atomic E-state index is 10.1. The van der Waals surface area contributed by atoms with Crippen LogP contribution in [0.2, 0.25) is 0 Å². The van der Waals surface area contributed by atoms with Gasteiger partial charge in [-0.25, -0.2) is 0 Å². The number of aliphatic hydroxyl groups is 1. The monoisotopic (exact) mass is 243 g/mol. The highest BCUT2D eigenvalue weighted by atomic mass is 79.9. The minimum Gasteiger partial charge on any atom is -0.385 e. The average Bonchev–Trinajstić information content (AvgIpc) is 2.04. The van der Waals surface area contributed by atoms with Crippen molar-refractivity contribution in [3.63, 3.8) is 0 Å². The number of rotatable bonds is 3. The van der Waals surface area contributed by atoms with Gasteiger partial charge in [-0.05, 0) is 31.5 Å². The Kier molecular flexibility index (Phi) is 3.47. The van der Waals surface area contributed by atoms with Crippen molar-refractivity contribution in [1.29, 1.82) is 0 Å². The molecule has 0 bridgehead atoms. The number of hydrogen-bond acceptors (Lipinski definition) is 2. The van der Waals surface area contributed by atoms with Crippen LogP contribution >= 0.6 is 15.9 Å². The van der Waals surface area contributed by atoms with E-state index in [0.717, 1.165) is 10.0 Å². The first-order valence-corrected chi connectivity index (χ1v) is 5.04. The molecule has 3 N–H and O–H groups in total. The van der Waals surface area contributed by atoms with Crippen LogP contribution in [-0.4, -0.2) is 11.7 Å². The molecule has 0 aliphatic rings. The second-order valence-electron chi connectivity index (χ2n) is 3.29. The lowest BCUT2D eigenvalue weighted by molar-refractivity contribution is 0.0497. The van der Waals surface area contributed by atoms with Gasteiger partial charge in [-0.1, -0.05) is 34.1 Å². The van der Waals surface area contributed by atoms with Crippen LogP contribution in [0.4, 0.5) is 0 Å². The molecule has 3 heteroatoms. The first-order valence-electron chi connectivity index (χ1n) is 4.25. The summed E-state index contributed by atoms with van der Waals surface area (Å²) in [6.07, 6.45) is 0.565. The molecule has 0 saturated carbocycles. The van der Waals surface area contributed by atoms with Crippen LogP contribution in [-0.2, 0) is 5.60 Å². The molecule has 0 fully saturated rings. The quantitative estimate of drug-likeness (QED) is 0.854. The van der Waals surface area contributed by atoms with Crippen molar-refractivity contribution in [3.05, 3.63) is 34.3 Å². The number of nitrogens with two attached hydrogens (primary N) is 1. The van der Waals surface area contributed by atoms with E-state index in [-0.39, 0.29) is 0 Å². The highest BCUT2D eigenvalue weighted by Gasteiger charge is 2.23.